The van der Waals surface area contributed by atoms with Gasteiger partial charge in [0, 0.05) is 37.3 Å². The zero-order valence-corrected chi connectivity index (χ0v) is 19.0. The summed E-state index contributed by atoms with van der Waals surface area (Å²) in [5.41, 5.74) is 1.64. The van der Waals surface area contributed by atoms with Crippen LogP contribution in [0.4, 0.5) is 10.8 Å². The second kappa shape index (κ2) is 9.78. The van der Waals surface area contributed by atoms with Gasteiger partial charge in [-0.1, -0.05) is 6.07 Å². The van der Waals surface area contributed by atoms with Crippen LogP contribution in [0, 0.1) is 0 Å². The number of pyridine rings is 1. The number of carbonyl (C=O) groups excluding carboxylic acids is 2. The second-order valence-electron chi connectivity index (χ2n) is 8.37. The fraction of sp³-hybridized carbons (Fsp3) is 0.522. The van der Waals surface area contributed by atoms with Crippen LogP contribution in [-0.4, -0.2) is 60.6 Å². The summed E-state index contributed by atoms with van der Waals surface area (Å²) in [5, 5.41) is 3.67. The first kappa shape index (κ1) is 21.8. The Morgan fingerprint density at radius 2 is 1.94 bits per heavy atom. The number of piperazine rings is 1. The van der Waals surface area contributed by atoms with E-state index in [0.29, 0.717) is 17.1 Å². The number of anilines is 2. The van der Waals surface area contributed by atoms with E-state index in [0.717, 1.165) is 63.2 Å². The van der Waals surface area contributed by atoms with Gasteiger partial charge in [0.2, 0.25) is 5.91 Å². The second-order valence-corrected chi connectivity index (χ2v) is 9.47. The Balaban J connectivity index is 1.39. The number of fused-ring (bicyclic) bond motifs is 1. The van der Waals surface area contributed by atoms with E-state index in [9.17, 15) is 9.59 Å². The van der Waals surface area contributed by atoms with Gasteiger partial charge in [-0.15, -0.1) is 11.3 Å². The van der Waals surface area contributed by atoms with Crippen LogP contribution in [0.2, 0.25) is 0 Å². The van der Waals surface area contributed by atoms with Gasteiger partial charge in [-0.2, -0.15) is 0 Å². The van der Waals surface area contributed by atoms with Gasteiger partial charge in [0.05, 0.1) is 18.2 Å². The molecule has 0 aromatic carbocycles. The molecule has 1 aliphatic heterocycles. The molecule has 2 aromatic heterocycles. The number of hydrogen-bond acceptors (Lipinski definition) is 7. The minimum atomic E-state index is -0.325. The highest BCUT2D eigenvalue weighted by molar-refractivity contribution is 7.17. The van der Waals surface area contributed by atoms with E-state index in [1.807, 2.05) is 32.0 Å². The van der Waals surface area contributed by atoms with Crippen molar-refractivity contribution in [3.05, 3.63) is 40.4 Å². The van der Waals surface area contributed by atoms with Gasteiger partial charge in [-0.3, -0.25) is 9.69 Å². The summed E-state index contributed by atoms with van der Waals surface area (Å²) < 4.78 is 5.48. The summed E-state index contributed by atoms with van der Waals surface area (Å²) in [6, 6.07) is 5.92. The molecule has 0 saturated carbocycles. The highest BCUT2D eigenvalue weighted by atomic mass is 32.1. The maximum absolute atomic E-state index is 12.8. The van der Waals surface area contributed by atoms with Crippen LogP contribution in [0.5, 0.6) is 0 Å². The number of aromatic nitrogens is 1. The lowest BCUT2D eigenvalue weighted by atomic mass is 9.95. The molecule has 2 aliphatic rings. The van der Waals surface area contributed by atoms with Crippen molar-refractivity contribution in [2.45, 2.75) is 45.6 Å². The zero-order valence-electron chi connectivity index (χ0n) is 18.2. The van der Waals surface area contributed by atoms with Crippen molar-refractivity contribution in [2.24, 2.45) is 0 Å². The molecule has 1 N–H and O–H groups in total. The Hall–Kier alpha value is -2.45. The lowest BCUT2D eigenvalue weighted by molar-refractivity contribution is -0.117. The van der Waals surface area contributed by atoms with Crippen molar-refractivity contribution in [3.63, 3.8) is 0 Å². The van der Waals surface area contributed by atoms with Gasteiger partial charge in [0.15, 0.2) is 0 Å². The third-order valence-corrected chi connectivity index (χ3v) is 6.89. The number of nitrogens with zero attached hydrogens (tertiary/aromatic N) is 3. The molecule has 2 aromatic rings. The van der Waals surface area contributed by atoms with E-state index < -0.39 is 0 Å². The summed E-state index contributed by atoms with van der Waals surface area (Å²) in [7, 11) is 0. The van der Waals surface area contributed by atoms with E-state index in [2.05, 4.69) is 20.1 Å². The molecule has 0 radical (unpaired) electrons. The van der Waals surface area contributed by atoms with E-state index in [1.165, 1.54) is 16.2 Å². The highest BCUT2D eigenvalue weighted by Crippen LogP contribution is 2.38. The minimum absolute atomic E-state index is 0.0801. The van der Waals surface area contributed by atoms with Crippen molar-refractivity contribution in [1.29, 1.82) is 0 Å². The molecule has 0 atom stereocenters. The molecule has 1 saturated heterocycles. The van der Waals surface area contributed by atoms with E-state index >= 15 is 0 Å². The summed E-state index contributed by atoms with van der Waals surface area (Å²) >= 11 is 1.54. The Morgan fingerprint density at radius 3 is 2.65 bits per heavy atom. The normalized spacial score (nSPS) is 16.8. The molecule has 3 heterocycles. The largest absolute Gasteiger partial charge is 0.459 e. The summed E-state index contributed by atoms with van der Waals surface area (Å²) in [6.07, 6.45) is 5.65. The smallest absolute Gasteiger partial charge is 0.341 e. The van der Waals surface area contributed by atoms with E-state index in [1.54, 1.807) is 6.20 Å². The number of aryl methyl sites for hydroxylation is 1. The van der Waals surface area contributed by atoms with E-state index in [4.69, 9.17) is 4.74 Å². The molecule has 7 nitrogen and oxygen atoms in total. The van der Waals surface area contributed by atoms with Crippen molar-refractivity contribution in [1.82, 2.24) is 9.88 Å². The topological polar surface area (TPSA) is 74.8 Å². The predicted octanol–water partition coefficient (Wildman–Crippen LogP) is 3.35. The molecule has 1 amide bonds. The number of thiophene rings is 1. The first-order valence-electron chi connectivity index (χ1n) is 11.0. The van der Waals surface area contributed by atoms with Crippen LogP contribution in [-0.2, 0) is 22.4 Å². The number of ether oxygens (including phenoxy) is 1. The van der Waals surface area contributed by atoms with Gasteiger partial charge < -0.3 is 15.0 Å². The average molecular weight is 443 g/mol. The van der Waals surface area contributed by atoms with Gasteiger partial charge in [0.25, 0.3) is 0 Å². The van der Waals surface area contributed by atoms with Crippen molar-refractivity contribution < 1.29 is 14.3 Å². The summed E-state index contributed by atoms with van der Waals surface area (Å²) in [6.45, 7) is 7.28. The van der Waals surface area contributed by atoms with E-state index in [-0.39, 0.29) is 18.0 Å². The van der Waals surface area contributed by atoms with Crippen molar-refractivity contribution >= 4 is 34.0 Å². The Kier molecular flexibility index (Phi) is 6.87. The fourth-order valence-electron chi connectivity index (χ4n) is 4.19. The molecule has 0 bridgehead atoms. The fourth-order valence-corrected chi connectivity index (χ4v) is 5.48. The molecule has 0 unspecified atom stereocenters. The van der Waals surface area contributed by atoms with Crippen LogP contribution in [0.1, 0.15) is 47.5 Å². The van der Waals surface area contributed by atoms with Gasteiger partial charge in [0.1, 0.15) is 10.8 Å². The molecule has 166 valence electrons. The molecular formula is C23H30N4O3S. The first-order valence-corrected chi connectivity index (χ1v) is 11.9. The first-order chi connectivity index (χ1) is 15.0. The number of carbonyl (C=O) groups is 2. The lowest BCUT2D eigenvalue weighted by Gasteiger charge is -2.34. The third-order valence-electron chi connectivity index (χ3n) is 5.68. The quantitative estimate of drug-likeness (QED) is 0.692. The Bertz CT molecular complexity index is 920. The number of hydrogen-bond donors (Lipinski definition) is 1. The van der Waals surface area contributed by atoms with Gasteiger partial charge in [-0.05, 0) is 57.2 Å². The summed E-state index contributed by atoms with van der Waals surface area (Å²) in [5.74, 6) is 0.571. The minimum Gasteiger partial charge on any atom is -0.459 e. The third kappa shape index (κ3) is 5.25. The standard InChI is InChI=1S/C23H30N4O3S/c1-16(2)30-23(29)21-17-7-3-4-8-18(17)31-22(21)25-20(28)15-26-11-13-27(14-12-26)19-9-5-6-10-24-19/h5-6,9-10,16H,3-4,7-8,11-15H2,1-2H3,(H,25,28). The molecule has 8 heteroatoms. The van der Waals surface area contributed by atoms with Crippen LogP contribution in [0.25, 0.3) is 0 Å². The zero-order chi connectivity index (χ0) is 21.8. The van der Waals surface area contributed by atoms with Gasteiger partial charge >= 0.3 is 5.97 Å². The number of rotatable bonds is 6. The van der Waals surface area contributed by atoms with Gasteiger partial charge in [-0.25, -0.2) is 9.78 Å². The monoisotopic (exact) mass is 442 g/mol. The van der Waals surface area contributed by atoms with Crippen LogP contribution < -0.4 is 10.2 Å². The van der Waals surface area contributed by atoms with Crippen molar-refractivity contribution in [3.8, 4) is 0 Å². The number of amides is 1. The van der Waals surface area contributed by atoms with Crippen LogP contribution >= 0.6 is 11.3 Å². The molecule has 1 aliphatic carbocycles. The number of esters is 1. The summed E-state index contributed by atoms with van der Waals surface area (Å²) in [4.78, 5) is 35.6. The molecule has 1 fully saturated rings. The van der Waals surface area contributed by atoms with Crippen molar-refractivity contribution in [2.75, 3.05) is 42.9 Å². The lowest BCUT2D eigenvalue weighted by Crippen LogP contribution is -2.48. The molecule has 31 heavy (non-hydrogen) atoms. The molecular weight excluding hydrogens is 412 g/mol. The maximum Gasteiger partial charge on any atom is 0.341 e. The number of nitrogens with one attached hydrogen (secondary N) is 1. The highest BCUT2D eigenvalue weighted by Gasteiger charge is 2.28. The molecule has 4 rings (SSSR count). The Morgan fingerprint density at radius 1 is 1.16 bits per heavy atom. The average Bonchev–Trinajstić information content (AvgIpc) is 3.12. The SMILES string of the molecule is CC(C)OC(=O)c1c(NC(=O)CN2CCN(c3ccccn3)CC2)sc2c1CCCC2. The Labute approximate surface area is 187 Å². The maximum atomic E-state index is 12.8. The molecule has 0 spiro atoms. The van der Waals surface area contributed by atoms with Crippen LogP contribution in [0.3, 0.4) is 0 Å². The predicted molar refractivity (Wildman–Crippen MR) is 123 cm³/mol. The van der Waals surface area contributed by atoms with Crippen LogP contribution in [0.15, 0.2) is 24.4 Å².